The van der Waals surface area contributed by atoms with Crippen LogP contribution >= 0.6 is 0 Å². The molecule has 0 radical (unpaired) electrons. The fraction of sp³-hybridized carbons (Fsp3) is 0.500. The largest absolute Gasteiger partial charge is 0.496 e. The molecule has 0 atom stereocenters. The zero-order valence-corrected chi connectivity index (χ0v) is 18.1. The molecule has 0 aliphatic carbocycles. The van der Waals surface area contributed by atoms with E-state index in [-0.39, 0.29) is 0 Å². The van der Waals surface area contributed by atoms with Crippen LogP contribution in [0.4, 0.5) is 0 Å². The van der Waals surface area contributed by atoms with Crippen LogP contribution in [0.1, 0.15) is 55.9 Å². The van der Waals surface area contributed by atoms with Crippen LogP contribution in [0.25, 0.3) is 0 Å². The van der Waals surface area contributed by atoms with Crippen LogP contribution in [-0.4, -0.2) is 20.3 Å². The second-order valence-electron chi connectivity index (χ2n) is 6.38. The van der Waals surface area contributed by atoms with Crippen molar-refractivity contribution in [3.05, 3.63) is 52.6 Å². The van der Waals surface area contributed by atoms with Crippen molar-refractivity contribution in [1.82, 2.24) is 0 Å². The Bertz CT molecular complexity index is 692. The maximum atomic E-state index is 5.67. The minimum absolute atomic E-state index is 0.739. The molecule has 1 aliphatic rings. The van der Waals surface area contributed by atoms with E-state index in [0.717, 1.165) is 43.3 Å². The van der Waals surface area contributed by atoms with Crippen molar-refractivity contribution in [2.24, 2.45) is 0 Å². The average molecular weight is 373 g/mol. The van der Waals surface area contributed by atoms with Gasteiger partial charge in [0.15, 0.2) is 0 Å². The molecule has 150 valence electrons. The zero-order valence-electron chi connectivity index (χ0n) is 18.1. The number of ether oxygens (including phenoxy) is 3. The van der Waals surface area contributed by atoms with Gasteiger partial charge in [0.05, 0.1) is 20.3 Å². The van der Waals surface area contributed by atoms with Gasteiger partial charge in [-0.3, -0.25) is 0 Å². The van der Waals surface area contributed by atoms with Gasteiger partial charge in [0.2, 0.25) is 0 Å². The summed E-state index contributed by atoms with van der Waals surface area (Å²) in [5.74, 6) is 2.98. The molecule has 0 saturated heterocycles. The number of methoxy groups -OCH3 is 1. The van der Waals surface area contributed by atoms with Gasteiger partial charge in [-0.05, 0) is 81.8 Å². The zero-order chi connectivity index (χ0) is 20.2. The molecule has 2 aromatic carbocycles. The maximum absolute atomic E-state index is 5.67. The number of aryl methyl sites for hydroxylation is 3. The van der Waals surface area contributed by atoms with Gasteiger partial charge in [0.1, 0.15) is 17.2 Å². The number of hydrogen-bond donors (Lipinski definition) is 0. The van der Waals surface area contributed by atoms with E-state index < -0.39 is 0 Å². The van der Waals surface area contributed by atoms with E-state index in [1.165, 1.54) is 28.7 Å². The van der Waals surface area contributed by atoms with E-state index >= 15 is 0 Å². The number of rotatable bonds is 3. The topological polar surface area (TPSA) is 27.7 Å². The quantitative estimate of drug-likeness (QED) is 0.620. The van der Waals surface area contributed by atoms with E-state index in [1.54, 1.807) is 7.11 Å². The Morgan fingerprint density at radius 3 is 2.26 bits per heavy atom. The highest BCUT2D eigenvalue weighted by molar-refractivity contribution is 5.50. The molecule has 1 aliphatic heterocycles. The Balaban J connectivity index is 0.000000254. The third-order valence-electron chi connectivity index (χ3n) is 4.49. The fourth-order valence-electron chi connectivity index (χ4n) is 2.94. The molecule has 0 saturated carbocycles. The average Bonchev–Trinajstić information content (AvgIpc) is 2.93. The van der Waals surface area contributed by atoms with Crippen molar-refractivity contribution < 1.29 is 14.2 Å². The molecule has 27 heavy (non-hydrogen) atoms. The third-order valence-corrected chi connectivity index (χ3v) is 4.49. The van der Waals surface area contributed by atoms with Crippen LogP contribution in [0.5, 0.6) is 17.2 Å². The van der Waals surface area contributed by atoms with Gasteiger partial charge < -0.3 is 14.2 Å². The van der Waals surface area contributed by atoms with Crippen molar-refractivity contribution in [3.8, 4) is 17.2 Å². The van der Waals surface area contributed by atoms with Crippen LogP contribution in [0.15, 0.2) is 30.3 Å². The predicted molar refractivity (Wildman–Crippen MR) is 115 cm³/mol. The van der Waals surface area contributed by atoms with Gasteiger partial charge in [0, 0.05) is 5.56 Å². The minimum atomic E-state index is 0.739. The lowest BCUT2D eigenvalue weighted by atomic mass is 10.0. The lowest BCUT2D eigenvalue weighted by Gasteiger charge is -2.13. The molecule has 3 nitrogen and oxygen atoms in total. The third kappa shape index (κ3) is 6.82. The molecule has 3 heteroatoms. The molecule has 2 aromatic rings. The molecule has 0 N–H and O–H groups in total. The van der Waals surface area contributed by atoms with E-state index in [4.69, 9.17) is 14.2 Å². The normalized spacial score (nSPS) is 12.1. The smallest absolute Gasteiger partial charge is 0.128 e. The first-order valence-electron chi connectivity index (χ1n) is 10.1. The summed E-state index contributed by atoms with van der Waals surface area (Å²) in [4.78, 5) is 0. The Morgan fingerprint density at radius 2 is 1.63 bits per heavy atom. The molecule has 0 spiro atoms. The van der Waals surface area contributed by atoms with Crippen LogP contribution in [0, 0.1) is 20.8 Å². The SMILES string of the molecule is CC.CCOc1ccc(C)c(C)c1.COc1c(C)ccc2c1CCCCO2. The summed E-state index contributed by atoms with van der Waals surface area (Å²) >= 11 is 0. The van der Waals surface area contributed by atoms with Gasteiger partial charge in [-0.25, -0.2) is 0 Å². The first-order chi connectivity index (χ1) is 13.1. The summed E-state index contributed by atoms with van der Waals surface area (Å²) in [5, 5.41) is 0. The molecule has 0 bridgehead atoms. The van der Waals surface area contributed by atoms with Gasteiger partial charge in [0.25, 0.3) is 0 Å². The predicted octanol–water partition coefficient (Wildman–Crippen LogP) is 6.45. The van der Waals surface area contributed by atoms with Crippen molar-refractivity contribution in [2.45, 2.75) is 60.8 Å². The Morgan fingerprint density at radius 1 is 0.926 bits per heavy atom. The van der Waals surface area contributed by atoms with E-state index in [1.807, 2.05) is 26.8 Å². The number of hydrogen-bond acceptors (Lipinski definition) is 3. The molecular weight excluding hydrogens is 336 g/mol. The van der Waals surface area contributed by atoms with Crippen LogP contribution < -0.4 is 14.2 Å². The summed E-state index contributed by atoms with van der Waals surface area (Å²) in [7, 11) is 1.73. The van der Waals surface area contributed by atoms with E-state index in [0.29, 0.717) is 0 Å². The summed E-state index contributed by atoms with van der Waals surface area (Å²) < 4.78 is 16.4. The second-order valence-corrected chi connectivity index (χ2v) is 6.38. The monoisotopic (exact) mass is 372 g/mol. The molecule has 0 fully saturated rings. The van der Waals surface area contributed by atoms with Gasteiger partial charge in [-0.1, -0.05) is 26.0 Å². The lowest BCUT2D eigenvalue weighted by molar-refractivity contribution is 0.315. The Labute approximate surface area is 165 Å². The molecule has 0 unspecified atom stereocenters. The first kappa shape index (κ1) is 22.9. The van der Waals surface area contributed by atoms with Crippen molar-refractivity contribution >= 4 is 0 Å². The standard InChI is InChI=1S/C12H16O2.C10H14O.C2H6/c1-9-6-7-11-10(12(9)13-2)5-3-4-8-14-11;1-4-11-10-6-5-8(2)9(3)7-10;1-2/h6-7H,3-5,8H2,1-2H3;5-7H,4H2,1-3H3;1-2H3. The Kier molecular flexibility index (Phi) is 10.4. The fourth-order valence-corrected chi connectivity index (χ4v) is 2.94. The van der Waals surface area contributed by atoms with Crippen molar-refractivity contribution in [3.63, 3.8) is 0 Å². The maximum Gasteiger partial charge on any atom is 0.128 e. The summed E-state index contributed by atoms with van der Waals surface area (Å²) in [6, 6.07) is 10.3. The summed E-state index contributed by atoms with van der Waals surface area (Å²) in [6.07, 6.45) is 3.39. The molecule has 3 rings (SSSR count). The van der Waals surface area contributed by atoms with E-state index in [2.05, 4.69) is 45.0 Å². The number of benzene rings is 2. The molecule has 0 amide bonds. The highest BCUT2D eigenvalue weighted by Crippen LogP contribution is 2.34. The van der Waals surface area contributed by atoms with Crippen LogP contribution in [-0.2, 0) is 6.42 Å². The van der Waals surface area contributed by atoms with Gasteiger partial charge in [-0.15, -0.1) is 0 Å². The van der Waals surface area contributed by atoms with Crippen LogP contribution in [0.2, 0.25) is 0 Å². The highest BCUT2D eigenvalue weighted by Gasteiger charge is 2.15. The second kappa shape index (κ2) is 12.3. The summed E-state index contributed by atoms with van der Waals surface area (Å²) in [5.41, 5.74) is 5.03. The van der Waals surface area contributed by atoms with Crippen molar-refractivity contribution in [1.29, 1.82) is 0 Å². The first-order valence-corrected chi connectivity index (χ1v) is 10.1. The van der Waals surface area contributed by atoms with Crippen molar-refractivity contribution in [2.75, 3.05) is 20.3 Å². The molecule has 1 heterocycles. The molecular formula is C24H36O3. The van der Waals surface area contributed by atoms with Crippen LogP contribution in [0.3, 0.4) is 0 Å². The highest BCUT2D eigenvalue weighted by atomic mass is 16.5. The summed E-state index contributed by atoms with van der Waals surface area (Å²) in [6.45, 7) is 13.8. The Hall–Kier alpha value is -2.16. The van der Waals surface area contributed by atoms with Gasteiger partial charge >= 0.3 is 0 Å². The lowest BCUT2D eigenvalue weighted by Crippen LogP contribution is -1.98. The number of fused-ring (bicyclic) bond motifs is 1. The molecule has 0 aromatic heterocycles. The minimum Gasteiger partial charge on any atom is -0.496 e. The van der Waals surface area contributed by atoms with Gasteiger partial charge in [-0.2, -0.15) is 0 Å². The van der Waals surface area contributed by atoms with E-state index in [9.17, 15) is 0 Å².